The Morgan fingerprint density at radius 3 is 2.52 bits per heavy atom. The molecule has 0 spiro atoms. The van der Waals surface area contributed by atoms with Crippen LogP contribution in [-0.2, 0) is 6.54 Å². The van der Waals surface area contributed by atoms with Crippen LogP contribution in [0.1, 0.15) is 53.0 Å². The van der Waals surface area contributed by atoms with Crippen molar-refractivity contribution in [3.8, 4) is 5.88 Å². The van der Waals surface area contributed by atoms with Gasteiger partial charge in [0.1, 0.15) is 0 Å². The lowest BCUT2D eigenvalue weighted by Crippen LogP contribution is -2.41. The molecule has 1 rings (SSSR count). The first-order chi connectivity index (χ1) is 12.5. The second kappa shape index (κ2) is 14.9. The van der Waals surface area contributed by atoms with Crippen molar-refractivity contribution in [3.05, 3.63) is 23.9 Å². The van der Waals surface area contributed by atoms with Gasteiger partial charge in [0, 0.05) is 50.5 Å². The fourth-order valence-electron chi connectivity index (χ4n) is 2.87. The number of halogens is 1. The fourth-order valence-corrected chi connectivity index (χ4v) is 2.87. The maximum atomic E-state index is 5.70. The largest absolute Gasteiger partial charge is 0.477 e. The molecule has 7 heteroatoms. The van der Waals surface area contributed by atoms with E-state index < -0.39 is 0 Å². The lowest BCUT2D eigenvalue weighted by molar-refractivity contribution is 0.173. The summed E-state index contributed by atoms with van der Waals surface area (Å²) >= 11 is 0. The van der Waals surface area contributed by atoms with Gasteiger partial charge in [0.2, 0.25) is 5.88 Å². The van der Waals surface area contributed by atoms with E-state index in [1.54, 1.807) is 13.2 Å². The van der Waals surface area contributed by atoms with Crippen LogP contribution in [0, 0.1) is 0 Å². The Bertz CT molecular complexity index is 529. The number of pyridine rings is 1. The minimum Gasteiger partial charge on any atom is -0.477 e. The van der Waals surface area contributed by atoms with Crippen molar-refractivity contribution in [1.82, 2.24) is 20.5 Å². The molecule has 0 atom stereocenters. The summed E-state index contributed by atoms with van der Waals surface area (Å²) in [6.07, 6.45) is 3.81. The molecule has 0 amide bonds. The van der Waals surface area contributed by atoms with Crippen LogP contribution < -0.4 is 15.4 Å². The van der Waals surface area contributed by atoms with Crippen molar-refractivity contribution < 1.29 is 4.74 Å². The fraction of sp³-hybridized carbons (Fsp3) is 0.700. The molecular weight excluding hydrogens is 453 g/mol. The Balaban J connectivity index is 0.00000676. The average Bonchev–Trinajstić information content (AvgIpc) is 2.62. The topological polar surface area (TPSA) is 61.8 Å². The maximum absolute atomic E-state index is 5.70. The summed E-state index contributed by atoms with van der Waals surface area (Å²) < 4.78 is 5.70. The molecule has 156 valence electrons. The molecule has 0 saturated heterocycles. The molecule has 1 aromatic rings. The van der Waals surface area contributed by atoms with Crippen molar-refractivity contribution in [3.63, 3.8) is 0 Å². The molecule has 1 aromatic heterocycles. The standard InChI is InChI=1S/C20H37N5O.HI/c1-7-14-26-19-18(10-8-11-22-19)15-24-20(21-6)23-12-9-13-25(16(2)3)17(4)5;/h8,10-11,16-17H,7,9,12-15H2,1-6H3,(H2,21,23,24);1H. The number of ether oxygens (including phenoxy) is 1. The minimum absolute atomic E-state index is 0. The van der Waals surface area contributed by atoms with Gasteiger partial charge in [0.15, 0.2) is 5.96 Å². The van der Waals surface area contributed by atoms with Crippen molar-refractivity contribution >= 4 is 29.9 Å². The van der Waals surface area contributed by atoms with E-state index in [2.05, 4.69) is 60.1 Å². The third-order valence-electron chi connectivity index (χ3n) is 4.17. The highest BCUT2D eigenvalue weighted by Gasteiger charge is 2.12. The van der Waals surface area contributed by atoms with Crippen LogP contribution in [0.15, 0.2) is 23.3 Å². The molecule has 27 heavy (non-hydrogen) atoms. The summed E-state index contributed by atoms with van der Waals surface area (Å²) in [6.45, 7) is 14.4. The van der Waals surface area contributed by atoms with Crippen LogP contribution in [0.3, 0.4) is 0 Å². The van der Waals surface area contributed by atoms with Crippen LogP contribution in [0.5, 0.6) is 5.88 Å². The molecule has 0 bridgehead atoms. The first-order valence-corrected chi connectivity index (χ1v) is 9.76. The number of nitrogens with zero attached hydrogens (tertiary/aromatic N) is 3. The Morgan fingerprint density at radius 1 is 1.22 bits per heavy atom. The molecule has 0 aromatic carbocycles. The lowest BCUT2D eigenvalue weighted by atomic mass is 10.2. The predicted octanol–water partition coefficient (Wildman–Crippen LogP) is 3.66. The average molecular weight is 491 g/mol. The molecule has 0 aliphatic heterocycles. The van der Waals surface area contributed by atoms with Gasteiger partial charge < -0.3 is 15.4 Å². The number of aliphatic imine (C=N–C) groups is 1. The monoisotopic (exact) mass is 491 g/mol. The van der Waals surface area contributed by atoms with E-state index in [9.17, 15) is 0 Å². The van der Waals surface area contributed by atoms with E-state index in [0.29, 0.717) is 31.1 Å². The SMILES string of the molecule is CCCOc1ncccc1CNC(=NC)NCCCN(C(C)C)C(C)C.I. The Labute approximate surface area is 182 Å². The van der Waals surface area contributed by atoms with Gasteiger partial charge in [-0.05, 0) is 46.6 Å². The van der Waals surface area contributed by atoms with Gasteiger partial charge in [-0.25, -0.2) is 4.98 Å². The van der Waals surface area contributed by atoms with Gasteiger partial charge in [-0.3, -0.25) is 9.89 Å². The van der Waals surface area contributed by atoms with Crippen molar-refractivity contribution in [2.45, 2.75) is 66.1 Å². The molecule has 6 nitrogen and oxygen atoms in total. The second-order valence-electron chi connectivity index (χ2n) is 6.95. The number of hydrogen-bond donors (Lipinski definition) is 2. The molecule has 0 radical (unpaired) electrons. The number of hydrogen-bond acceptors (Lipinski definition) is 4. The van der Waals surface area contributed by atoms with Gasteiger partial charge in [0.05, 0.1) is 6.61 Å². The number of nitrogens with one attached hydrogen (secondary N) is 2. The molecule has 0 aliphatic carbocycles. The van der Waals surface area contributed by atoms with Gasteiger partial charge in [0.25, 0.3) is 0 Å². The van der Waals surface area contributed by atoms with Crippen molar-refractivity contribution in [2.75, 3.05) is 26.7 Å². The van der Waals surface area contributed by atoms with E-state index in [1.165, 1.54) is 0 Å². The first kappa shape index (κ1) is 25.9. The van der Waals surface area contributed by atoms with Crippen LogP contribution in [0.2, 0.25) is 0 Å². The van der Waals surface area contributed by atoms with E-state index >= 15 is 0 Å². The number of rotatable bonds is 11. The summed E-state index contributed by atoms with van der Waals surface area (Å²) in [4.78, 5) is 11.1. The molecule has 2 N–H and O–H groups in total. The van der Waals surface area contributed by atoms with Crippen molar-refractivity contribution in [1.29, 1.82) is 0 Å². The van der Waals surface area contributed by atoms with Gasteiger partial charge >= 0.3 is 0 Å². The summed E-state index contributed by atoms with van der Waals surface area (Å²) in [5, 5.41) is 6.73. The first-order valence-electron chi connectivity index (χ1n) is 9.76. The van der Waals surface area contributed by atoms with Crippen molar-refractivity contribution in [2.24, 2.45) is 4.99 Å². The molecule has 0 unspecified atom stereocenters. The van der Waals surface area contributed by atoms with Crippen LogP contribution >= 0.6 is 24.0 Å². The van der Waals surface area contributed by atoms with Gasteiger partial charge in [-0.1, -0.05) is 13.0 Å². The van der Waals surface area contributed by atoms with E-state index in [1.807, 2.05) is 12.1 Å². The summed E-state index contributed by atoms with van der Waals surface area (Å²) in [5.41, 5.74) is 1.04. The number of guanidine groups is 1. The Hall–Kier alpha value is -1.09. The van der Waals surface area contributed by atoms with Crippen LogP contribution in [0.4, 0.5) is 0 Å². The second-order valence-corrected chi connectivity index (χ2v) is 6.95. The third kappa shape index (κ3) is 10.1. The minimum atomic E-state index is 0. The van der Waals surface area contributed by atoms with Crippen LogP contribution in [0.25, 0.3) is 0 Å². The van der Waals surface area contributed by atoms with E-state index in [4.69, 9.17) is 4.74 Å². The summed E-state index contributed by atoms with van der Waals surface area (Å²) in [7, 11) is 1.79. The Kier molecular flexibility index (Phi) is 14.3. The smallest absolute Gasteiger partial charge is 0.218 e. The highest BCUT2D eigenvalue weighted by atomic mass is 127. The molecule has 0 saturated carbocycles. The quantitative estimate of drug-likeness (QED) is 0.214. The predicted molar refractivity (Wildman–Crippen MR) is 125 cm³/mol. The van der Waals surface area contributed by atoms with Gasteiger partial charge in [-0.15, -0.1) is 24.0 Å². The molecular formula is C20H38IN5O. The zero-order valence-electron chi connectivity index (χ0n) is 17.8. The highest BCUT2D eigenvalue weighted by molar-refractivity contribution is 14.0. The van der Waals surface area contributed by atoms with E-state index in [-0.39, 0.29) is 24.0 Å². The molecule has 1 heterocycles. The zero-order valence-corrected chi connectivity index (χ0v) is 20.1. The normalized spacial score (nSPS) is 11.7. The van der Waals surface area contributed by atoms with E-state index in [0.717, 1.165) is 37.5 Å². The lowest BCUT2D eigenvalue weighted by Gasteiger charge is -2.30. The third-order valence-corrected chi connectivity index (χ3v) is 4.17. The molecule has 0 fully saturated rings. The molecule has 0 aliphatic rings. The number of aromatic nitrogens is 1. The van der Waals surface area contributed by atoms with Crippen LogP contribution in [-0.4, -0.2) is 54.7 Å². The summed E-state index contributed by atoms with van der Waals surface area (Å²) in [6, 6.07) is 5.10. The maximum Gasteiger partial charge on any atom is 0.218 e. The zero-order chi connectivity index (χ0) is 19.4. The highest BCUT2D eigenvalue weighted by Crippen LogP contribution is 2.14. The Morgan fingerprint density at radius 2 is 1.93 bits per heavy atom. The van der Waals surface area contributed by atoms with Gasteiger partial charge in [-0.2, -0.15) is 0 Å². The summed E-state index contributed by atoms with van der Waals surface area (Å²) in [5.74, 6) is 1.50.